The maximum Gasteiger partial charge on any atom is 0.417 e. The number of halogens is 3. The fraction of sp³-hybridized carbons (Fsp3) is 0.350. The Morgan fingerprint density at radius 1 is 0.967 bits per heavy atom. The van der Waals surface area contributed by atoms with E-state index in [0.29, 0.717) is 12.0 Å². The van der Waals surface area contributed by atoms with Crippen molar-refractivity contribution in [2.24, 2.45) is 0 Å². The average molecular weight is 442 g/mol. The van der Waals surface area contributed by atoms with E-state index < -0.39 is 26.7 Å². The number of carbonyl (C=O) groups is 1. The topological polar surface area (TPSA) is 77.9 Å². The number of rotatable bonds is 5. The van der Waals surface area contributed by atoms with Crippen LogP contribution in [0.4, 0.5) is 13.2 Å². The molecule has 30 heavy (non-hydrogen) atoms. The van der Waals surface area contributed by atoms with Crippen LogP contribution < -0.4 is 0 Å². The molecule has 1 heterocycles. The summed E-state index contributed by atoms with van der Waals surface area (Å²) in [5.74, 6) is -0.101. The third-order valence-electron chi connectivity index (χ3n) is 5.00. The number of piperazine rings is 1. The number of phenolic OH excluding ortho intramolecular Hbond substituents is 1. The molecule has 6 nitrogen and oxygen atoms in total. The average Bonchev–Trinajstić information content (AvgIpc) is 2.72. The van der Waals surface area contributed by atoms with E-state index in [-0.39, 0.29) is 44.3 Å². The lowest BCUT2D eigenvalue weighted by molar-refractivity contribution is -0.139. The highest BCUT2D eigenvalue weighted by molar-refractivity contribution is 7.89. The monoisotopic (exact) mass is 442 g/mol. The molecular weight excluding hydrogens is 421 g/mol. The van der Waals surface area contributed by atoms with Crippen LogP contribution in [-0.2, 0) is 27.4 Å². The number of hydrogen-bond donors (Lipinski definition) is 1. The van der Waals surface area contributed by atoms with Crippen LogP contribution in [0.2, 0.25) is 0 Å². The summed E-state index contributed by atoms with van der Waals surface area (Å²) in [5, 5.41) is 9.77. The third kappa shape index (κ3) is 4.76. The van der Waals surface area contributed by atoms with Gasteiger partial charge in [-0.05, 0) is 30.2 Å². The zero-order valence-electron chi connectivity index (χ0n) is 16.0. The van der Waals surface area contributed by atoms with E-state index in [1.807, 2.05) is 0 Å². The molecule has 1 amide bonds. The number of hydrogen-bond acceptors (Lipinski definition) is 4. The molecule has 0 unspecified atom stereocenters. The molecule has 0 bridgehead atoms. The first-order valence-corrected chi connectivity index (χ1v) is 10.8. The summed E-state index contributed by atoms with van der Waals surface area (Å²) in [5.41, 5.74) is -0.568. The SMILES string of the molecule is O=C(CCc1ccccc1O)N1CCN(S(=O)(=O)c2ccccc2C(F)(F)F)CC1. The molecule has 1 saturated heterocycles. The summed E-state index contributed by atoms with van der Waals surface area (Å²) in [6.45, 7) is 0.00768. The Morgan fingerprint density at radius 2 is 1.57 bits per heavy atom. The molecule has 0 aromatic heterocycles. The molecule has 2 aromatic rings. The van der Waals surface area contributed by atoms with Gasteiger partial charge >= 0.3 is 6.18 Å². The summed E-state index contributed by atoms with van der Waals surface area (Å²) >= 11 is 0. The number of para-hydroxylation sites is 1. The molecular formula is C20H21F3N2O4S. The van der Waals surface area contributed by atoms with Gasteiger partial charge in [-0.25, -0.2) is 8.42 Å². The first-order valence-electron chi connectivity index (χ1n) is 9.32. The highest BCUT2D eigenvalue weighted by atomic mass is 32.2. The van der Waals surface area contributed by atoms with Crippen LogP contribution in [0.1, 0.15) is 17.5 Å². The number of aryl methyl sites for hydroxylation is 1. The Labute approximate surface area is 172 Å². The number of phenols is 1. The van der Waals surface area contributed by atoms with Gasteiger partial charge in [0.2, 0.25) is 15.9 Å². The number of benzene rings is 2. The van der Waals surface area contributed by atoms with Crippen molar-refractivity contribution in [2.45, 2.75) is 23.9 Å². The second kappa shape index (κ2) is 8.65. The van der Waals surface area contributed by atoms with Crippen molar-refractivity contribution in [3.05, 3.63) is 59.7 Å². The minimum atomic E-state index is -4.79. The summed E-state index contributed by atoms with van der Waals surface area (Å²) in [7, 11) is -4.34. The Morgan fingerprint density at radius 3 is 2.20 bits per heavy atom. The van der Waals surface area contributed by atoms with Crippen LogP contribution in [0.25, 0.3) is 0 Å². The zero-order valence-corrected chi connectivity index (χ0v) is 16.8. The zero-order chi connectivity index (χ0) is 21.9. The molecule has 0 spiro atoms. The lowest BCUT2D eigenvalue weighted by Crippen LogP contribution is -2.50. The molecule has 0 aliphatic carbocycles. The van der Waals surface area contributed by atoms with E-state index in [9.17, 15) is 31.5 Å². The van der Waals surface area contributed by atoms with Gasteiger partial charge in [-0.1, -0.05) is 30.3 Å². The van der Waals surface area contributed by atoms with E-state index in [2.05, 4.69) is 0 Å². The van der Waals surface area contributed by atoms with Crippen molar-refractivity contribution in [1.82, 2.24) is 9.21 Å². The molecule has 1 aliphatic heterocycles. The summed E-state index contributed by atoms with van der Waals surface area (Å²) in [6, 6.07) is 10.8. The van der Waals surface area contributed by atoms with Gasteiger partial charge in [0.05, 0.1) is 10.5 Å². The van der Waals surface area contributed by atoms with Gasteiger partial charge in [-0.15, -0.1) is 0 Å². The predicted molar refractivity (Wildman–Crippen MR) is 103 cm³/mol. The maximum absolute atomic E-state index is 13.2. The molecule has 1 fully saturated rings. The molecule has 10 heteroatoms. The Hall–Kier alpha value is -2.59. The van der Waals surface area contributed by atoms with Crippen LogP contribution in [0.3, 0.4) is 0 Å². The van der Waals surface area contributed by atoms with Crippen molar-refractivity contribution in [3.8, 4) is 5.75 Å². The highest BCUT2D eigenvalue weighted by Gasteiger charge is 2.39. The van der Waals surface area contributed by atoms with Crippen LogP contribution in [-0.4, -0.2) is 54.8 Å². The predicted octanol–water partition coefficient (Wildman–Crippen LogP) is 2.88. The van der Waals surface area contributed by atoms with E-state index in [0.717, 1.165) is 22.5 Å². The molecule has 0 saturated carbocycles. The fourth-order valence-electron chi connectivity index (χ4n) is 3.36. The molecule has 2 aromatic carbocycles. The highest BCUT2D eigenvalue weighted by Crippen LogP contribution is 2.35. The second-order valence-electron chi connectivity index (χ2n) is 6.91. The smallest absolute Gasteiger partial charge is 0.417 e. The Balaban J connectivity index is 1.64. The van der Waals surface area contributed by atoms with Gasteiger partial charge in [0.25, 0.3) is 0 Å². The largest absolute Gasteiger partial charge is 0.508 e. The van der Waals surface area contributed by atoms with E-state index in [1.165, 1.54) is 17.0 Å². The lowest BCUT2D eigenvalue weighted by atomic mass is 10.1. The van der Waals surface area contributed by atoms with Gasteiger partial charge in [0.1, 0.15) is 5.75 Å². The summed E-state index contributed by atoms with van der Waals surface area (Å²) in [4.78, 5) is 13.1. The van der Waals surface area contributed by atoms with Crippen molar-refractivity contribution in [3.63, 3.8) is 0 Å². The molecule has 0 radical (unpaired) electrons. The van der Waals surface area contributed by atoms with Crippen LogP contribution in [0.5, 0.6) is 5.75 Å². The number of nitrogens with zero attached hydrogens (tertiary/aromatic N) is 2. The van der Waals surface area contributed by atoms with Crippen molar-refractivity contribution in [1.29, 1.82) is 0 Å². The van der Waals surface area contributed by atoms with Crippen LogP contribution in [0.15, 0.2) is 53.4 Å². The lowest BCUT2D eigenvalue weighted by Gasteiger charge is -2.34. The molecule has 0 atom stereocenters. The van der Waals surface area contributed by atoms with Gasteiger partial charge in [-0.2, -0.15) is 17.5 Å². The van der Waals surface area contributed by atoms with Crippen molar-refractivity contribution < 1.29 is 31.5 Å². The molecule has 162 valence electrons. The number of amides is 1. The van der Waals surface area contributed by atoms with E-state index in [1.54, 1.807) is 18.2 Å². The maximum atomic E-state index is 13.2. The number of aromatic hydroxyl groups is 1. The Kier molecular flexibility index (Phi) is 6.37. The van der Waals surface area contributed by atoms with E-state index >= 15 is 0 Å². The Bertz CT molecular complexity index is 1020. The van der Waals surface area contributed by atoms with Crippen molar-refractivity contribution in [2.75, 3.05) is 26.2 Å². The molecule has 1 aliphatic rings. The number of sulfonamides is 1. The van der Waals surface area contributed by atoms with Crippen LogP contribution >= 0.6 is 0 Å². The van der Waals surface area contributed by atoms with E-state index in [4.69, 9.17) is 0 Å². The number of carbonyl (C=O) groups excluding carboxylic acids is 1. The van der Waals surface area contributed by atoms with Gasteiger partial charge < -0.3 is 10.0 Å². The van der Waals surface area contributed by atoms with Crippen molar-refractivity contribution >= 4 is 15.9 Å². The molecule has 1 N–H and O–H groups in total. The standard InChI is InChI=1S/C20H21F3N2O4S/c21-20(22,23)16-6-2-4-8-18(16)30(28,29)25-13-11-24(12-14-25)19(27)10-9-15-5-1-3-7-17(15)26/h1-8,26H,9-14H2. The van der Waals surface area contributed by atoms with Gasteiger partial charge in [0, 0.05) is 32.6 Å². The minimum absolute atomic E-state index is 0.0865. The summed E-state index contributed by atoms with van der Waals surface area (Å²) in [6.07, 6.45) is -4.31. The van der Waals surface area contributed by atoms with Gasteiger partial charge in [-0.3, -0.25) is 4.79 Å². The van der Waals surface area contributed by atoms with Crippen LogP contribution in [0, 0.1) is 0 Å². The van der Waals surface area contributed by atoms with Gasteiger partial charge in [0.15, 0.2) is 0 Å². The minimum Gasteiger partial charge on any atom is -0.508 e. The first kappa shape index (κ1) is 22.1. The first-order chi connectivity index (χ1) is 14.1. The normalized spacial score (nSPS) is 15.9. The third-order valence-corrected chi connectivity index (χ3v) is 6.96. The quantitative estimate of drug-likeness (QED) is 0.773. The fourth-order valence-corrected chi connectivity index (χ4v) is 5.00. The number of alkyl halides is 3. The molecule has 3 rings (SSSR count). The summed E-state index contributed by atoms with van der Waals surface area (Å²) < 4.78 is 66.2. The second-order valence-corrected chi connectivity index (χ2v) is 8.81.